The molecule has 0 aromatic carbocycles. The van der Waals surface area contributed by atoms with Gasteiger partial charge in [0.2, 0.25) is 0 Å². The van der Waals surface area contributed by atoms with Gasteiger partial charge in [-0.25, -0.2) is 0 Å². The average Bonchev–Trinajstić information content (AvgIpc) is 1.25. The summed E-state index contributed by atoms with van der Waals surface area (Å²) in [5.74, 6) is 0. The molecule has 0 aromatic rings. The van der Waals surface area contributed by atoms with Crippen molar-refractivity contribution >= 4 is 37.7 Å². The SMILES string of the molecule is O.O.[Ca].[O-][Cl+2]([O-])O.[O-][Cl+2]([O-])O. The summed E-state index contributed by atoms with van der Waals surface area (Å²) < 4.78 is 47.9. The number of rotatable bonds is 0. The first kappa shape index (κ1) is 29.4. The molecular formula is H6CaCl2O8. The Kier molecular flexibility index (Phi) is 60.2. The van der Waals surface area contributed by atoms with Crippen molar-refractivity contribution in [2.24, 2.45) is 0 Å². The van der Waals surface area contributed by atoms with Crippen LogP contribution in [0, 0.1) is 21.6 Å². The van der Waals surface area contributed by atoms with Gasteiger partial charge >= 0.3 is 0 Å². The van der Waals surface area contributed by atoms with Crippen LogP contribution in [0.1, 0.15) is 0 Å². The number of halogens is 2. The maximum absolute atomic E-state index is 8.52. The first-order valence-corrected chi connectivity index (χ1v) is 2.87. The molecule has 0 amide bonds. The topological polar surface area (TPSA) is 196 Å². The van der Waals surface area contributed by atoms with E-state index in [0.717, 1.165) is 0 Å². The normalized spacial score (nSPS) is 6.55. The second kappa shape index (κ2) is 22.5. The van der Waals surface area contributed by atoms with Crippen LogP contribution in [0.15, 0.2) is 0 Å². The fourth-order valence-corrected chi connectivity index (χ4v) is 0. The summed E-state index contributed by atoms with van der Waals surface area (Å²) >= 11 is 0. The van der Waals surface area contributed by atoms with E-state index >= 15 is 0 Å². The van der Waals surface area contributed by atoms with Gasteiger partial charge in [-0.15, -0.1) is 0 Å². The molecule has 6 N–H and O–H groups in total. The Morgan fingerprint density at radius 2 is 0.727 bits per heavy atom. The van der Waals surface area contributed by atoms with Crippen LogP contribution in [0.3, 0.4) is 0 Å². The summed E-state index contributed by atoms with van der Waals surface area (Å²) in [5, 5.41) is 0. The smallest absolute Gasteiger partial charge is 0.282 e. The van der Waals surface area contributed by atoms with Gasteiger partial charge in [-0.05, 0) is 0 Å². The van der Waals surface area contributed by atoms with E-state index in [0.29, 0.717) is 0 Å². The predicted molar refractivity (Wildman–Crippen MR) is 17.4 cm³/mol. The molecule has 8 nitrogen and oxygen atoms in total. The molecule has 0 aromatic heterocycles. The maximum atomic E-state index is 8.52. The first-order chi connectivity index (χ1) is 3.46. The molecule has 0 saturated carbocycles. The van der Waals surface area contributed by atoms with Gasteiger partial charge in [-0.2, -0.15) is 0 Å². The van der Waals surface area contributed by atoms with Gasteiger partial charge in [0, 0.05) is 47.1 Å². The van der Waals surface area contributed by atoms with Gasteiger partial charge in [0.05, 0.1) is 0 Å². The Morgan fingerprint density at radius 1 is 0.727 bits per heavy atom. The molecule has 0 fully saturated rings. The van der Waals surface area contributed by atoms with E-state index < -0.39 is 21.6 Å². The Hall–Kier alpha value is 1.52. The summed E-state index contributed by atoms with van der Waals surface area (Å²) in [7, 11) is -5.20. The Morgan fingerprint density at radius 3 is 0.727 bits per heavy atom. The maximum Gasteiger partial charge on any atom is 0.282 e. The zero-order chi connectivity index (χ0) is 7.15. The summed E-state index contributed by atoms with van der Waals surface area (Å²) in [5.41, 5.74) is 0. The second-order valence-corrected chi connectivity index (χ2v) is 1.21. The molecule has 2 radical (unpaired) electrons. The van der Waals surface area contributed by atoms with Gasteiger partial charge < -0.3 is 29.6 Å². The summed E-state index contributed by atoms with van der Waals surface area (Å²) in [6, 6.07) is 0. The molecule has 0 saturated heterocycles. The Labute approximate surface area is 97.5 Å². The minimum Gasteiger partial charge on any atom is -0.412 e. The van der Waals surface area contributed by atoms with E-state index in [1.54, 1.807) is 0 Å². The van der Waals surface area contributed by atoms with Crippen molar-refractivity contribution in [2.75, 3.05) is 0 Å². The zero-order valence-corrected chi connectivity index (χ0v) is 8.71. The van der Waals surface area contributed by atoms with Crippen molar-refractivity contribution in [3.63, 3.8) is 0 Å². The minimum absolute atomic E-state index is 0. The third-order valence-corrected chi connectivity index (χ3v) is 0. The average molecular weight is 245 g/mol. The van der Waals surface area contributed by atoms with Crippen LogP contribution in [0.5, 0.6) is 0 Å². The molecule has 0 aliphatic heterocycles. The van der Waals surface area contributed by atoms with Gasteiger partial charge in [0.25, 0.3) is 21.6 Å². The molecule has 0 atom stereocenters. The van der Waals surface area contributed by atoms with Crippen LogP contribution in [-0.4, -0.2) is 58.0 Å². The van der Waals surface area contributed by atoms with Crippen molar-refractivity contribution in [2.45, 2.75) is 0 Å². The van der Waals surface area contributed by atoms with Crippen molar-refractivity contribution < 1.29 is 60.5 Å². The van der Waals surface area contributed by atoms with Crippen LogP contribution in [-0.2, 0) is 0 Å². The Bertz CT molecular complexity index is 27.6. The van der Waals surface area contributed by atoms with Crippen LogP contribution in [0.2, 0.25) is 0 Å². The van der Waals surface area contributed by atoms with Gasteiger partial charge in [-0.1, -0.05) is 0 Å². The standard InChI is InChI=1S/Ca.2ClHO3.2H2O/c;2*2-1(3)4;;/h;2*2H;2*1H2. The molecule has 0 aliphatic rings. The molecule has 70 valence electrons. The van der Waals surface area contributed by atoms with Crippen molar-refractivity contribution in [1.82, 2.24) is 0 Å². The zero-order valence-electron chi connectivity index (χ0n) is 4.99. The van der Waals surface area contributed by atoms with Crippen molar-refractivity contribution in [3.8, 4) is 0 Å². The molecule has 0 aliphatic carbocycles. The van der Waals surface area contributed by atoms with E-state index in [9.17, 15) is 0 Å². The fraction of sp³-hybridized carbons (Fsp3) is 0. The van der Waals surface area contributed by atoms with E-state index in [2.05, 4.69) is 0 Å². The third kappa shape index (κ3) is 452. The quantitative estimate of drug-likeness (QED) is 0.397. The molecule has 0 bridgehead atoms. The fourth-order valence-electron chi connectivity index (χ4n) is 0. The third-order valence-electron chi connectivity index (χ3n) is 0. The van der Waals surface area contributed by atoms with Crippen LogP contribution >= 0.6 is 0 Å². The van der Waals surface area contributed by atoms with Crippen LogP contribution in [0.25, 0.3) is 0 Å². The van der Waals surface area contributed by atoms with E-state index in [-0.39, 0.29) is 48.7 Å². The minimum atomic E-state index is -2.60. The van der Waals surface area contributed by atoms with E-state index in [4.69, 9.17) is 28.0 Å². The summed E-state index contributed by atoms with van der Waals surface area (Å²) in [6.45, 7) is 0. The predicted octanol–water partition coefficient (Wildman–Crippen LogP) is -7.90. The molecule has 0 unspecified atom stereocenters. The molecular weight excluding hydrogens is 239 g/mol. The largest absolute Gasteiger partial charge is 0.412 e. The molecule has 0 heterocycles. The number of hydrogen-bond acceptors (Lipinski definition) is 6. The summed E-state index contributed by atoms with van der Waals surface area (Å²) in [4.78, 5) is 0. The van der Waals surface area contributed by atoms with Crippen LogP contribution < -0.4 is 18.6 Å². The molecule has 11 heavy (non-hydrogen) atoms. The van der Waals surface area contributed by atoms with E-state index in [1.165, 1.54) is 0 Å². The van der Waals surface area contributed by atoms with Crippen LogP contribution in [0.4, 0.5) is 0 Å². The second-order valence-electron chi connectivity index (χ2n) is 0.402. The molecule has 0 spiro atoms. The first-order valence-electron chi connectivity index (χ1n) is 0.955. The van der Waals surface area contributed by atoms with Gasteiger partial charge in [-0.3, -0.25) is 0 Å². The van der Waals surface area contributed by atoms with Gasteiger partial charge in [0.1, 0.15) is 0 Å². The monoisotopic (exact) mass is 244 g/mol. The van der Waals surface area contributed by atoms with Crippen molar-refractivity contribution in [1.29, 1.82) is 0 Å². The molecule has 0 rings (SSSR count). The van der Waals surface area contributed by atoms with E-state index in [1.807, 2.05) is 0 Å². The molecule has 11 heteroatoms. The summed E-state index contributed by atoms with van der Waals surface area (Å²) in [6.07, 6.45) is 0. The van der Waals surface area contributed by atoms with Gasteiger partial charge in [0.15, 0.2) is 0 Å². The number of hydrogen-bond donors (Lipinski definition) is 2. The van der Waals surface area contributed by atoms with Crippen molar-refractivity contribution in [3.05, 3.63) is 0 Å². The Balaban J connectivity index is -0.0000000171.